The van der Waals surface area contributed by atoms with Gasteiger partial charge in [-0.3, -0.25) is 4.72 Å². The van der Waals surface area contributed by atoms with E-state index in [1.165, 1.54) is 6.33 Å². The first-order valence-corrected chi connectivity index (χ1v) is 15.6. The fourth-order valence-corrected chi connectivity index (χ4v) is 5.81. The minimum atomic E-state index is -3.95. The number of ether oxygens (including phenoxy) is 2. The first kappa shape index (κ1) is 31.5. The third-order valence-corrected chi connectivity index (χ3v) is 8.68. The molecule has 3 N–H and O–H groups in total. The molecule has 10 nitrogen and oxygen atoms in total. The molecule has 12 heteroatoms. The number of thiophene rings is 1. The predicted octanol–water partition coefficient (Wildman–Crippen LogP) is 5.70. The Balaban J connectivity index is 0.00000423. The van der Waals surface area contributed by atoms with E-state index in [9.17, 15) is 8.42 Å². The molecule has 0 saturated heterocycles. The summed E-state index contributed by atoms with van der Waals surface area (Å²) in [6.07, 6.45) is 4.69. The highest BCUT2D eigenvalue weighted by Crippen LogP contribution is 2.35. The molecular weight excluding hydrogens is 587 g/mol. The monoisotopic (exact) mass is 619 g/mol. The number of benzene rings is 2. The molecule has 43 heavy (non-hydrogen) atoms. The van der Waals surface area contributed by atoms with Crippen LogP contribution in [0.1, 0.15) is 31.9 Å². The Kier molecular flexibility index (Phi) is 9.74. The van der Waals surface area contributed by atoms with E-state index < -0.39 is 10.0 Å². The third kappa shape index (κ3) is 7.72. The number of nitrogens with one attached hydrogen (secondary N) is 1. The zero-order chi connectivity index (χ0) is 29.7. The molecule has 0 saturated carbocycles. The molecule has 5 rings (SSSR count). The van der Waals surface area contributed by atoms with Crippen molar-refractivity contribution in [1.82, 2.24) is 19.9 Å². The third-order valence-electron chi connectivity index (χ3n) is 6.40. The molecular formula is C31H33N5O5S2. The van der Waals surface area contributed by atoms with Crippen molar-refractivity contribution in [3.63, 3.8) is 0 Å². The van der Waals surface area contributed by atoms with Gasteiger partial charge < -0.3 is 14.9 Å². The Morgan fingerprint density at radius 2 is 1.51 bits per heavy atom. The van der Waals surface area contributed by atoms with Crippen LogP contribution in [0.3, 0.4) is 0 Å². The Morgan fingerprint density at radius 1 is 0.837 bits per heavy atom. The Labute approximate surface area is 255 Å². The molecule has 3 aromatic heterocycles. The highest BCUT2D eigenvalue weighted by atomic mass is 32.2. The smallest absolute Gasteiger partial charge is 0.316 e. The Hall–Kier alpha value is -4.39. The molecule has 0 aliphatic carbocycles. The lowest BCUT2D eigenvalue weighted by Crippen LogP contribution is -2.17. The van der Waals surface area contributed by atoms with Crippen molar-refractivity contribution in [2.24, 2.45) is 0 Å². The molecule has 0 fully saturated rings. The highest BCUT2D eigenvalue weighted by Gasteiger charge is 2.22. The van der Waals surface area contributed by atoms with Gasteiger partial charge in [0.05, 0.1) is 10.5 Å². The van der Waals surface area contributed by atoms with Crippen molar-refractivity contribution in [2.45, 2.75) is 38.0 Å². The number of sulfonamides is 1. The summed E-state index contributed by atoms with van der Waals surface area (Å²) < 4.78 is 41.0. The van der Waals surface area contributed by atoms with Crippen LogP contribution in [0.2, 0.25) is 0 Å². The average molecular weight is 620 g/mol. The second-order valence-electron chi connectivity index (χ2n) is 10.6. The van der Waals surface area contributed by atoms with Gasteiger partial charge in [0.25, 0.3) is 10.0 Å². The van der Waals surface area contributed by atoms with Crippen molar-refractivity contribution in [1.29, 1.82) is 0 Å². The van der Waals surface area contributed by atoms with Crippen molar-refractivity contribution in [3.05, 3.63) is 95.9 Å². The van der Waals surface area contributed by atoms with E-state index in [0.29, 0.717) is 11.1 Å². The fraction of sp³-hybridized carbons (Fsp3) is 0.226. The summed E-state index contributed by atoms with van der Waals surface area (Å²) in [4.78, 5) is 18.3. The number of anilines is 1. The number of aryl methyl sites for hydroxylation is 1. The molecule has 224 valence electrons. The van der Waals surface area contributed by atoms with Crippen molar-refractivity contribution in [3.8, 4) is 33.5 Å². The summed E-state index contributed by atoms with van der Waals surface area (Å²) >= 11 is 1.61. The van der Waals surface area contributed by atoms with Crippen LogP contribution >= 0.6 is 11.3 Å². The predicted molar refractivity (Wildman–Crippen MR) is 168 cm³/mol. The molecule has 0 aliphatic heterocycles. The number of hydrogen-bond acceptors (Lipinski definition) is 9. The first-order chi connectivity index (χ1) is 20.1. The molecule has 0 amide bonds. The van der Waals surface area contributed by atoms with E-state index in [4.69, 9.17) is 9.47 Å². The average Bonchev–Trinajstić information content (AvgIpc) is 3.51. The summed E-state index contributed by atoms with van der Waals surface area (Å²) in [5.74, 6) is 0.323. The van der Waals surface area contributed by atoms with Gasteiger partial charge in [-0.1, -0.05) is 68.8 Å². The maximum atomic E-state index is 13.4. The van der Waals surface area contributed by atoms with E-state index in [1.807, 2.05) is 60.8 Å². The largest absolute Gasteiger partial charge is 0.473 e. The van der Waals surface area contributed by atoms with Gasteiger partial charge in [0.15, 0.2) is 5.82 Å². The molecule has 2 aromatic carbocycles. The maximum Gasteiger partial charge on any atom is 0.316 e. The second kappa shape index (κ2) is 13.3. The molecule has 3 heterocycles. The van der Waals surface area contributed by atoms with Crippen LogP contribution in [0.5, 0.6) is 11.9 Å². The SMILES string of the molecule is Cc1ccc(-c2c(NS(=O)(=O)c3ccc(C(C)(C)C)cc3)ncnc2OCCOc2ncc(-c3cccs3)cn2)cc1.O. The zero-order valence-electron chi connectivity index (χ0n) is 24.2. The topological polar surface area (TPSA) is 148 Å². The van der Waals surface area contributed by atoms with Crippen LogP contribution in [0.25, 0.3) is 21.6 Å². The van der Waals surface area contributed by atoms with Crippen LogP contribution < -0.4 is 14.2 Å². The standard InChI is InChI=1S/C31H31N5O4S2.H2O/c1-21-7-9-22(10-8-21)27-28(36-42(37,38)25-13-11-24(12-14-25)31(2,3)4)34-20-35-29(27)39-15-16-40-30-32-18-23(19-33-30)26-6-5-17-41-26;/h5-14,17-20H,15-16H2,1-4H3,(H,34,35,36);1H2. The van der Waals surface area contributed by atoms with Gasteiger partial charge >= 0.3 is 6.01 Å². The van der Waals surface area contributed by atoms with Crippen molar-refractivity contribution >= 4 is 27.2 Å². The lowest BCUT2D eigenvalue weighted by atomic mass is 9.87. The maximum absolute atomic E-state index is 13.4. The van der Waals surface area contributed by atoms with E-state index >= 15 is 0 Å². The number of hydrogen-bond donors (Lipinski definition) is 1. The van der Waals surface area contributed by atoms with Crippen LogP contribution in [0.15, 0.2) is 89.7 Å². The number of nitrogens with zero attached hydrogens (tertiary/aromatic N) is 4. The van der Waals surface area contributed by atoms with Gasteiger partial charge in [-0.2, -0.15) is 0 Å². The van der Waals surface area contributed by atoms with E-state index in [0.717, 1.165) is 21.6 Å². The summed E-state index contributed by atoms with van der Waals surface area (Å²) in [6.45, 7) is 8.46. The van der Waals surface area contributed by atoms with Crippen LogP contribution in [-0.4, -0.2) is 47.0 Å². The summed E-state index contributed by atoms with van der Waals surface area (Å²) in [5.41, 5.74) is 4.02. The van der Waals surface area contributed by atoms with Crippen molar-refractivity contribution in [2.75, 3.05) is 17.9 Å². The van der Waals surface area contributed by atoms with E-state index in [1.54, 1.807) is 35.9 Å². The summed E-state index contributed by atoms with van der Waals surface area (Å²) in [6, 6.07) is 18.6. The Morgan fingerprint density at radius 3 is 2.14 bits per heavy atom. The summed E-state index contributed by atoms with van der Waals surface area (Å²) in [7, 11) is -3.95. The van der Waals surface area contributed by atoms with E-state index in [2.05, 4.69) is 45.4 Å². The zero-order valence-corrected chi connectivity index (χ0v) is 25.9. The quantitative estimate of drug-likeness (QED) is 0.196. The van der Waals surface area contributed by atoms with Crippen LogP contribution in [0.4, 0.5) is 5.82 Å². The second-order valence-corrected chi connectivity index (χ2v) is 13.2. The minimum absolute atomic E-state index is 0. The van der Waals surface area contributed by atoms with Crippen LogP contribution in [-0.2, 0) is 15.4 Å². The molecule has 0 atom stereocenters. The first-order valence-electron chi connectivity index (χ1n) is 13.3. The minimum Gasteiger partial charge on any atom is -0.473 e. The highest BCUT2D eigenvalue weighted by molar-refractivity contribution is 7.92. The molecule has 0 aliphatic rings. The molecule has 0 bridgehead atoms. The molecule has 0 spiro atoms. The Bertz CT molecular complexity index is 1740. The van der Waals surface area contributed by atoms with Gasteiger partial charge in [-0.05, 0) is 47.0 Å². The van der Waals surface area contributed by atoms with Crippen LogP contribution in [0, 0.1) is 6.92 Å². The van der Waals surface area contributed by atoms with Crippen molar-refractivity contribution < 1.29 is 23.4 Å². The van der Waals surface area contributed by atoms with Gasteiger partial charge in [-0.25, -0.2) is 28.4 Å². The van der Waals surface area contributed by atoms with Gasteiger partial charge in [0.2, 0.25) is 5.88 Å². The molecule has 0 radical (unpaired) electrons. The summed E-state index contributed by atoms with van der Waals surface area (Å²) in [5, 5.41) is 2.00. The normalized spacial score (nSPS) is 11.4. The molecule has 5 aromatic rings. The van der Waals surface area contributed by atoms with Gasteiger partial charge in [0.1, 0.15) is 19.5 Å². The number of aromatic nitrogens is 4. The lowest BCUT2D eigenvalue weighted by Gasteiger charge is -2.19. The fourth-order valence-electron chi connectivity index (χ4n) is 4.09. The molecule has 0 unspecified atom stereocenters. The van der Waals surface area contributed by atoms with Gasteiger partial charge in [-0.15, -0.1) is 11.3 Å². The van der Waals surface area contributed by atoms with E-state index in [-0.39, 0.29) is 46.7 Å². The number of rotatable bonds is 10. The van der Waals surface area contributed by atoms with Gasteiger partial charge in [0, 0.05) is 22.8 Å². The lowest BCUT2D eigenvalue weighted by molar-refractivity contribution is 0.202.